The van der Waals surface area contributed by atoms with Crippen LogP contribution in [0.25, 0.3) is 0 Å². The molecule has 0 bridgehead atoms. The molecule has 0 aromatic heterocycles. The van der Waals surface area contributed by atoms with Crippen molar-refractivity contribution in [3.8, 4) is 11.8 Å². The summed E-state index contributed by atoms with van der Waals surface area (Å²) in [6, 6.07) is 7.01. The Balaban J connectivity index is 2.31. The van der Waals surface area contributed by atoms with Gasteiger partial charge in [-0.05, 0) is 31.0 Å². The van der Waals surface area contributed by atoms with E-state index in [-0.39, 0.29) is 10.1 Å². The number of ether oxygens (including phenoxy) is 1. The van der Waals surface area contributed by atoms with Gasteiger partial charge >= 0.3 is 0 Å². The van der Waals surface area contributed by atoms with E-state index in [1.165, 1.54) is 0 Å². The summed E-state index contributed by atoms with van der Waals surface area (Å²) in [5.74, 6) is 0.847. The number of allylic oxidation sites excluding steroid dienone is 1. The molecule has 2 rings (SSSR count). The summed E-state index contributed by atoms with van der Waals surface area (Å²) in [4.78, 5) is 4.10. The van der Waals surface area contributed by atoms with Crippen molar-refractivity contribution in [1.29, 1.82) is 5.26 Å². The predicted octanol–water partition coefficient (Wildman–Crippen LogP) is 2.85. The molecule has 21 heavy (non-hydrogen) atoms. The van der Waals surface area contributed by atoms with E-state index in [0.717, 1.165) is 0 Å². The highest BCUT2D eigenvalue weighted by molar-refractivity contribution is 8.04. The monoisotopic (exact) mass is 304 g/mol. The van der Waals surface area contributed by atoms with Gasteiger partial charge in [0.2, 0.25) is 5.09 Å². The van der Waals surface area contributed by atoms with Gasteiger partial charge in [-0.25, -0.2) is 9.20 Å². The highest BCUT2D eigenvalue weighted by atomic mass is 32.2. The zero-order chi connectivity index (χ0) is 15.6. The van der Waals surface area contributed by atoms with Gasteiger partial charge in [0.05, 0.1) is 17.9 Å². The van der Waals surface area contributed by atoms with Crippen molar-refractivity contribution >= 4 is 15.8 Å². The van der Waals surface area contributed by atoms with Crippen LogP contribution in [-0.2, 0) is 10.8 Å². The minimum absolute atomic E-state index is 0.233. The first-order chi connectivity index (χ1) is 9.93. The van der Waals surface area contributed by atoms with Crippen LogP contribution in [0.4, 0.5) is 0 Å². The van der Waals surface area contributed by atoms with Crippen molar-refractivity contribution in [3.05, 3.63) is 40.1 Å². The van der Waals surface area contributed by atoms with Gasteiger partial charge in [-0.15, -0.1) is 0 Å². The lowest BCUT2D eigenvalue weighted by molar-refractivity contribution is 0.270. The molecule has 1 unspecified atom stereocenters. The van der Waals surface area contributed by atoms with Crippen LogP contribution in [0.15, 0.2) is 34.0 Å². The molecule has 0 amide bonds. The van der Waals surface area contributed by atoms with E-state index >= 15 is 0 Å². The van der Waals surface area contributed by atoms with Crippen LogP contribution in [0.3, 0.4) is 0 Å². The highest BCUT2D eigenvalue weighted by Crippen LogP contribution is 2.26. The van der Waals surface area contributed by atoms with Gasteiger partial charge in [-0.3, -0.25) is 0 Å². The van der Waals surface area contributed by atoms with Gasteiger partial charge in [-0.1, -0.05) is 13.8 Å². The molecule has 0 spiro atoms. The first kappa shape index (κ1) is 15.3. The van der Waals surface area contributed by atoms with Gasteiger partial charge in [0, 0.05) is 5.56 Å². The number of aliphatic hydroxyl groups excluding tert-OH is 1. The van der Waals surface area contributed by atoms with Crippen molar-refractivity contribution in [2.75, 3.05) is 6.61 Å². The molecule has 0 fully saturated rings. The van der Waals surface area contributed by atoms with Crippen molar-refractivity contribution in [1.82, 2.24) is 0 Å². The molecule has 1 aliphatic rings. The zero-order valence-electron chi connectivity index (χ0n) is 12.1. The lowest BCUT2D eigenvalue weighted by Gasteiger charge is -2.11. The van der Waals surface area contributed by atoms with Crippen LogP contribution in [-0.4, -0.2) is 21.0 Å². The van der Waals surface area contributed by atoms with Crippen LogP contribution in [0.1, 0.15) is 31.9 Å². The van der Waals surface area contributed by atoms with Crippen molar-refractivity contribution in [3.63, 3.8) is 0 Å². The molecule has 1 atom stereocenters. The fourth-order valence-corrected chi connectivity index (χ4v) is 2.83. The minimum Gasteiger partial charge on any atom is -0.499 e. The molecule has 1 aliphatic heterocycles. The number of rotatable bonds is 4. The van der Waals surface area contributed by atoms with Crippen LogP contribution < -0.4 is 4.74 Å². The Hall–Kier alpha value is -2.13. The summed E-state index contributed by atoms with van der Waals surface area (Å²) in [6.07, 6.45) is 0. The summed E-state index contributed by atoms with van der Waals surface area (Å²) in [7, 11) is -1.68. The Morgan fingerprint density at radius 1 is 1.48 bits per heavy atom. The fourth-order valence-electron chi connectivity index (χ4n) is 1.77. The summed E-state index contributed by atoms with van der Waals surface area (Å²) in [5.41, 5.74) is 1.24. The van der Waals surface area contributed by atoms with E-state index in [4.69, 9.17) is 4.74 Å². The van der Waals surface area contributed by atoms with E-state index in [1.807, 2.05) is 13.8 Å². The maximum Gasteiger partial charge on any atom is 0.209 e. The topological polar surface area (TPSA) is 82.7 Å². The predicted molar refractivity (Wildman–Crippen MR) is 81.5 cm³/mol. The molecule has 1 heterocycles. The second-order valence-corrected chi connectivity index (χ2v) is 6.41. The number of hydrogen-bond acceptors (Lipinski definition) is 5. The molecule has 0 aliphatic carbocycles. The quantitative estimate of drug-likeness (QED) is 0.927. The molecule has 0 saturated heterocycles. The largest absolute Gasteiger partial charge is 0.499 e. The second-order valence-electron chi connectivity index (χ2n) is 5.10. The molecule has 6 heteroatoms. The standard InChI is InChI=1S/C15H16N2O3S/c1-9(2)8-20-13-5-4-11(6-12(13)7-16)14-17-10(3)15(18)21(14)19/h4-6,9,18H,8H2,1-3H3. The third-order valence-corrected chi connectivity index (χ3v) is 4.17. The van der Waals surface area contributed by atoms with Gasteiger partial charge in [0.15, 0.2) is 0 Å². The van der Waals surface area contributed by atoms with E-state index in [2.05, 4.69) is 11.1 Å². The van der Waals surface area contributed by atoms with Crippen molar-refractivity contribution in [2.24, 2.45) is 10.9 Å². The lowest BCUT2D eigenvalue weighted by atomic mass is 10.1. The summed E-state index contributed by atoms with van der Waals surface area (Å²) < 4.78 is 17.6. The zero-order valence-corrected chi connectivity index (χ0v) is 12.9. The Morgan fingerprint density at radius 2 is 2.19 bits per heavy atom. The van der Waals surface area contributed by atoms with Crippen molar-refractivity contribution in [2.45, 2.75) is 20.8 Å². The molecule has 0 radical (unpaired) electrons. The number of nitriles is 1. The molecule has 110 valence electrons. The maximum absolute atomic E-state index is 12.0. The second kappa shape index (κ2) is 6.10. The number of hydrogen-bond donors (Lipinski definition) is 1. The third-order valence-electron chi connectivity index (χ3n) is 2.85. The first-order valence-electron chi connectivity index (χ1n) is 6.51. The van der Waals surface area contributed by atoms with Gasteiger partial charge in [0.25, 0.3) is 0 Å². The first-order valence-corrected chi connectivity index (χ1v) is 7.66. The van der Waals surface area contributed by atoms with Gasteiger partial charge < -0.3 is 9.84 Å². The molecule has 1 aromatic carbocycles. The van der Waals surface area contributed by atoms with Crippen LogP contribution >= 0.6 is 0 Å². The summed E-state index contributed by atoms with van der Waals surface area (Å²) in [5, 5.41) is 18.8. The Labute approximate surface area is 126 Å². The highest BCUT2D eigenvalue weighted by Gasteiger charge is 2.25. The Bertz CT molecular complexity index is 699. The molecule has 1 N–H and O–H groups in total. The summed E-state index contributed by atoms with van der Waals surface area (Å²) >= 11 is 0. The van der Waals surface area contributed by atoms with E-state index in [9.17, 15) is 14.6 Å². The molecular weight excluding hydrogens is 288 g/mol. The van der Waals surface area contributed by atoms with Crippen LogP contribution in [0, 0.1) is 17.2 Å². The van der Waals surface area contributed by atoms with E-state index < -0.39 is 10.8 Å². The minimum atomic E-state index is -1.68. The number of aliphatic imine (C=N–C) groups is 1. The summed E-state index contributed by atoms with van der Waals surface area (Å²) in [6.45, 7) is 6.15. The number of benzene rings is 1. The molecule has 1 aromatic rings. The molecular formula is C15H16N2O3S. The van der Waals surface area contributed by atoms with Gasteiger partial charge in [0.1, 0.15) is 27.7 Å². The fraction of sp³-hybridized carbons (Fsp3) is 0.333. The third kappa shape index (κ3) is 3.14. The normalized spacial score (nSPS) is 17.9. The van der Waals surface area contributed by atoms with Crippen LogP contribution in [0.2, 0.25) is 0 Å². The van der Waals surface area contributed by atoms with Crippen molar-refractivity contribution < 1.29 is 14.1 Å². The smallest absolute Gasteiger partial charge is 0.209 e. The SMILES string of the molecule is CC1=C(O)S(=O)C(c2ccc(OCC(C)C)c(C#N)c2)=N1. The van der Waals surface area contributed by atoms with E-state index in [0.29, 0.717) is 35.1 Å². The number of aliphatic hydroxyl groups is 1. The van der Waals surface area contributed by atoms with E-state index in [1.54, 1.807) is 25.1 Å². The van der Waals surface area contributed by atoms with Gasteiger partial charge in [-0.2, -0.15) is 5.26 Å². The Morgan fingerprint density at radius 3 is 2.71 bits per heavy atom. The molecule has 5 nitrogen and oxygen atoms in total. The van der Waals surface area contributed by atoms with Crippen LogP contribution in [0.5, 0.6) is 5.75 Å². The molecule has 0 saturated carbocycles. The number of nitrogens with zero attached hydrogens (tertiary/aromatic N) is 2. The lowest BCUT2D eigenvalue weighted by Crippen LogP contribution is -2.09. The maximum atomic E-state index is 12.0. The average Bonchev–Trinajstić information content (AvgIpc) is 2.72. The average molecular weight is 304 g/mol. The Kier molecular flexibility index (Phi) is 4.43.